The molecule has 102 valence electrons. The SMILES string of the molecule is CCc1nc(Cl)c(C)c(Sc2n[nH]c(=O)n2CC)n1. The number of aryl methyl sites for hydroxylation is 1. The molecule has 1 N–H and O–H groups in total. The second-order valence-electron chi connectivity index (χ2n) is 3.87. The third-order valence-corrected chi connectivity index (χ3v) is 4.08. The van der Waals surface area contributed by atoms with Crippen LogP contribution >= 0.6 is 23.4 Å². The smallest absolute Gasteiger partial charge is 0.270 e. The fourth-order valence-electron chi connectivity index (χ4n) is 1.52. The molecule has 19 heavy (non-hydrogen) atoms. The van der Waals surface area contributed by atoms with Crippen LogP contribution in [0.25, 0.3) is 0 Å². The number of aromatic amines is 1. The summed E-state index contributed by atoms with van der Waals surface area (Å²) in [5.41, 5.74) is 0.570. The van der Waals surface area contributed by atoms with Crippen LogP contribution in [0.2, 0.25) is 5.15 Å². The van der Waals surface area contributed by atoms with E-state index in [2.05, 4.69) is 20.2 Å². The van der Waals surface area contributed by atoms with Gasteiger partial charge in [-0.05, 0) is 25.6 Å². The minimum absolute atomic E-state index is 0.224. The molecular formula is C11H14ClN5OS. The highest BCUT2D eigenvalue weighted by atomic mass is 35.5. The van der Waals surface area contributed by atoms with Crippen molar-refractivity contribution in [3.63, 3.8) is 0 Å². The summed E-state index contributed by atoms with van der Waals surface area (Å²) in [4.78, 5) is 20.1. The Bertz CT molecular complexity index is 651. The Morgan fingerprint density at radius 2 is 2.11 bits per heavy atom. The van der Waals surface area contributed by atoms with Gasteiger partial charge in [0.15, 0.2) is 5.16 Å². The number of aromatic nitrogens is 5. The molecule has 0 atom stereocenters. The lowest BCUT2D eigenvalue weighted by molar-refractivity contribution is 0.659. The molecule has 8 heteroatoms. The molecule has 0 fully saturated rings. The van der Waals surface area contributed by atoms with Gasteiger partial charge >= 0.3 is 5.69 Å². The third-order valence-electron chi connectivity index (χ3n) is 2.63. The average molecular weight is 300 g/mol. The van der Waals surface area contributed by atoms with Gasteiger partial charge in [-0.1, -0.05) is 18.5 Å². The maximum Gasteiger partial charge on any atom is 0.343 e. The van der Waals surface area contributed by atoms with Crippen LogP contribution in [-0.4, -0.2) is 24.7 Å². The molecule has 0 saturated carbocycles. The van der Waals surface area contributed by atoms with Crippen molar-refractivity contribution < 1.29 is 0 Å². The van der Waals surface area contributed by atoms with E-state index in [0.717, 1.165) is 10.6 Å². The van der Waals surface area contributed by atoms with Crippen LogP contribution in [0.1, 0.15) is 25.2 Å². The highest BCUT2D eigenvalue weighted by molar-refractivity contribution is 7.99. The summed E-state index contributed by atoms with van der Waals surface area (Å²) in [6.45, 7) is 6.26. The molecule has 2 aromatic rings. The van der Waals surface area contributed by atoms with E-state index in [0.29, 0.717) is 29.1 Å². The van der Waals surface area contributed by atoms with Gasteiger partial charge in [0.05, 0.1) is 0 Å². The van der Waals surface area contributed by atoms with E-state index < -0.39 is 0 Å². The van der Waals surface area contributed by atoms with E-state index in [-0.39, 0.29) is 5.69 Å². The first-order valence-corrected chi connectivity index (χ1v) is 7.12. The monoisotopic (exact) mass is 299 g/mol. The van der Waals surface area contributed by atoms with Gasteiger partial charge in [0.1, 0.15) is 16.0 Å². The van der Waals surface area contributed by atoms with Crippen molar-refractivity contribution in [2.24, 2.45) is 0 Å². The van der Waals surface area contributed by atoms with E-state index >= 15 is 0 Å². The van der Waals surface area contributed by atoms with Gasteiger partial charge in [-0.15, -0.1) is 5.10 Å². The lowest BCUT2D eigenvalue weighted by Crippen LogP contribution is -2.16. The van der Waals surface area contributed by atoms with Crippen molar-refractivity contribution in [3.05, 3.63) is 27.0 Å². The number of nitrogens with zero attached hydrogens (tertiary/aromatic N) is 4. The lowest BCUT2D eigenvalue weighted by Gasteiger charge is -2.07. The van der Waals surface area contributed by atoms with Gasteiger partial charge < -0.3 is 0 Å². The number of nitrogens with one attached hydrogen (secondary N) is 1. The minimum atomic E-state index is -0.224. The molecule has 2 heterocycles. The maximum atomic E-state index is 11.5. The van der Waals surface area contributed by atoms with E-state index in [9.17, 15) is 4.79 Å². The summed E-state index contributed by atoms with van der Waals surface area (Å²) < 4.78 is 1.55. The molecule has 0 amide bonds. The standard InChI is InChI=1S/C11H14ClN5OS/c1-4-7-13-8(12)6(3)9(14-7)19-11-16-15-10(18)17(11)5-2/h4-5H2,1-3H3,(H,15,18). The molecule has 0 bridgehead atoms. The summed E-state index contributed by atoms with van der Waals surface area (Å²) in [5.74, 6) is 0.680. The van der Waals surface area contributed by atoms with Crippen LogP contribution in [0.3, 0.4) is 0 Å². The Morgan fingerprint density at radius 1 is 1.37 bits per heavy atom. The van der Waals surface area contributed by atoms with E-state index in [1.807, 2.05) is 20.8 Å². The quantitative estimate of drug-likeness (QED) is 0.875. The summed E-state index contributed by atoms with van der Waals surface area (Å²) in [6, 6.07) is 0. The second kappa shape index (κ2) is 5.75. The maximum absolute atomic E-state index is 11.5. The van der Waals surface area contributed by atoms with E-state index in [1.165, 1.54) is 11.8 Å². The number of halogens is 1. The Hall–Kier alpha value is -1.34. The molecule has 0 saturated heterocycles. The molecule has 0 spiro atoms. The second-order valence-corrected chi connectivity index (χ2v) is 5.19. The number of rotatable bonds is 4. The van der Waals surface area contributed by atoms with Crippen molar-refractivity contribution in [3.8, 4) is 0 Å². The Balaban J connectivity index is 2.43. The van der Waals surface area contributed by atoms with E-state index in [4.69, 9.17) is 11.6 Å². The van der Waals surface area contributed by atoms with Crippen LogP contribution in [0, 0.1) is 6.92 Å². The molecule has 0 aliphatic rings. The predicted octanol–water partition coefficient (Wildman–Crippen LogP) is 2.06. The summed E-state index contributed by atoms with van der Waals surface area (Å²) in [5, 5.41) is 8.17. The predicted molar refractivity (Wildman–Crippen MR) is 73.8 cm³/mol. The minimum Gasteiger partial charge on any atom is -0.270 e. The van der Waals surface area contributed by atoms with Gasteiger partial charge in [-0.2, -0.15) is 0 Å². The molecule has 2 aromatic heterocycles. The van der Waals surface area contributed by atoms with Crippen LogP contribution < -0.4 is 5.69 Å². The number of hydrogen-bond acceptors (Lipinski definition) is 5. The largest absolute Gasteiger partial charge is 0.343 e. The molecule has 0 aliphatic heterocycles. The summed E-state index contributed by atoms with van der Waals surface area (Å²) in [6.07, 6.45) is 0.703. The molecule has 0 unspecified atom stereocenters. The number of hydrogen-bond donors (Lipinski definition) is 1. The molecule has 6 nitrogen and oxygen atoms in total. The zero-order chi connectivity index (χ0) is 14.0. The topological polar surface area (TPSA) is 76.5 Å². The molecular weight excluding hydrogens is 286 g/mol. The molecule has 2 rings (SSSR count). The van der Waals surface area contributed by atoms with Crippen molar-refractivity contribution in [1.29, 1.82) is 0 Å². The fraction of sp³-hybridized carbons (Fsp3) is 0.455. The van der Waals surface area contributed by atoms with Crippen LogP contribution in [-0.2, 0) is 13.0 Å². The zero-order valence-corrected chi connectivity index (χ0v) is 12.5. The van der Waals surface area contributed by atoms with Crippen molar-refractivity contribution >= 4 is 23.4 Å². The Kier molecular flexibility index (Phi) is 4.26. The highest BCUT2D eigenvalue weighted by Gasteiger charge is 2.14. The Labute approximate surface area is 119 Å². The Morgan fingerprint density at radius 3 is 2.74 bits per heavy atom. The van der Waals surface area contributed by atoms with Crippen molar-refractivity contribution in [1.82, 2.24) is 24.7 Å². The fourth-order valence-corrected chi connectivity index (χ4v) is 2.75. The van der Waals surface area contributed by atoms with Crippen molar-refractivity contribution in [2.45, 2.75) is 43.9 Å². The molecule has 0 aromatic carbocycles. The average Bonchev–Trinajstić information content (AvgIpc) is 2.75. The first kappa shape index (κ1) is 14.1. The van der Waals surface area contributed by atoms with Gasteiger partial charge in [-0.25, -0.2) is 19.9 Å². The van der Waals surface area contributed by atoms with Crippen LogP contribution in [0.5, 0.6) is 0 Å². The lowest BCUT2D eigenvalue weighted by atomic mass is 10.3. The summed E-state index contributed by atoms with van der Waals surface area (Å²) >= 11 is 7.40. The highest BCUT2D eigenvalue weighted by Crippen LogP contribution is 2.29. The van der Waals surface area contributed by atoms with Gasteiger partial charge in [-0.3, -0.25) is 4.57 Å². The molecule has 0 aliphatic carbocycles. The molecule has 0 radical (unpaired) electrons. The van der Waals surface area contributed by atoms with Gasteiger partial charge in [0.2, 0.25) is 0 Å². The first-order chi connectivity index (χ1) is 9.06. The van der Waals surface area contributed by atoms with Crippen LogP contribution in [0.15, 0.2) is 15.0 Å². The summed E-state index contributed by atoms with van der Waals surface area (Å²) in [7, 11) is 0. The third kappa shape index (κ3) is 2.82. The van der Waals surface area contributed by atoms with Crippen molar-refractivity contribution in [2.75, 3.05) is 0 Å². The van der Waals surface area contributed by atoms with E-state index in [1.54, 1.807) is 4.57 Å². The zero-order valence-electron chi connectivity index (χ0n) is 10.9. The van der Waals surface area contributed by atoms with Gasteiger partial charge in [0, 0.05) is 18.5 Å². The first-order valence-electron chi connectivity index (χ1n) is 5.92. The van der Waals surface area contributed by atoms with Gasteiger partial charge in [0.25, 0.3) is 0 Å². The number of H-pyrrole nitrogens is 1. The van der Waals surface area contributed by atoms with Crippen LogP contribution in [0.4, 0.5) is 0 Å². The normalized spacial score (nSPS) is 10.9.